The van der Waals surface area contributed by atoms with Gasteiger partial charge in [0.2, 0.25) is 5.91 Å². The fourth-order valence-corrected chi connectivity index (χ4v) is 4.66. The molecule has 0 saturated heterocycles. The van der Waals surface area contributed by atoms with Crippen LogP contribution in [0.1, 0.15) is 31.7 Å². The summed E-state index contributed by atoms with van der Waals surface area (Å²) in [5.41, 5.74) is 1.30. The van der Waals surface area contributed by atoms with E-state index in [1.54, 1.807) is 28.8 Å². The zero-order chi connectivity index (χ0) is 19.5. The average Bonchev–Trinajstić information content (AvgIpc) is 3.21. The molecule has 1 aromatic heterocycles. The smallest absolute Gasteiger partial charge is 0.262 e. The summed E-state index contributed by atoms with van der Waals surface area (Å²) in [4.78, 5) is 30.2. The summed E-state index contributed by atoms with van der Waals surface area (Å²) in [6.45, 7) is 0. The zero-order valence-electron chi connectivity index (χ0n) is 15.2. The number of fused-ring (bicyclic) bond motifs is 1. The Morgan fingerprint density at radius 2 is 1.96 bits per heavy atom. The van der Waals surface area contributed by atoms with E-state index in [2.05, 4.69) is 5.32 Å². The molecule has 0 bridgehead atoms. The SMILES string of the molecule is O=C(CSc1nc2ccccc2c(=O)n1C1CCCC1)Nc1cccc(Cl)c1. The zero-order valence-corrected chi connectivity index (χ0v) is 16.8. The standard InChI is InChI=1S/C21H20ClN3O2S/c22-14-6-5-7-15(12-14)23-19(26)13-28-21-24-18-11-4-3-10-17(18)20(27)25(21)16-8-1-2-9-16/h3-7,10-12,16H,1-2,8-9,13H2,(H,23,26). The molecule has 0 spiro atoms. The Bertz CT molecular complexity index is 1080. The molecule has 0 unspecified atom stereocenters. The number of halogens is 1. The summed E-state index contributed by atoms with van der Waals surface area (Å²) in [6, 6.07) is 14.6. The predicted molar refractivity (Wildman–Crippen MR) is 114 cm³/mol. The number of thioether (sulfide) groups is 1. The second kappa shape index (κ2) is 8.37. The third-order valence-electron chi connectivity index (χ3n) is 4.91. The number of para-hydroxylation sites is 1. The Hall–Kier alpha value is -2.31. The number of hydrogen-bond donors (Lipinski definition) is 1. The van der Waals surface area contributed by atoms with E-state index in [1.807, 2.05) is 24.3 Å². The van der Waals surface area contributed by atoms with Crippen molar-refractivity contribution in [1.82, 2.24) is 9.55 Å². The fraction of sp³-hybridized carbons (Fsp3) is 0.286. The summed E-state index contributed by atoms with van der Waals surface area (Å²) in [7, 11) is 0. The van der Waals surface area contributed by atoms with Gasteiger partial charge in [0.05, 0.1) is 16.7 Å². The van der Waals surface area contributed by atoms with Crippen LogP contribution in [0, 0.1) is 0 Å². The molecule has 0 aliphatic heterocycles. The highest BCUT2D eigenvalue weighted by molar-refractivity contribution is 7.99. The van der Waals surface area contributed by atoms with Gasteiger partial charge in [-0.2, -0.15) is 0 Å². The maximum absolute atomic E-state index is 13.1. The molecule has 1 heterocycles. The largest absolute Gasteiger partial charge is 0.325 e. The molecule has 0 atom stereocenters. The Balaban J connectivity index is 1.59. The molecule has 7 heteroatoms. The molecule has 1 N–H and O–H groups in total. The molecule has 3 aromatic rings. The van der Waals surface area contributed by atoms with Gasteiger partial charge in [-0.15, -0.1) is 0 Å². The lowest BCUT2D eigenvalue weighted by molar-refractivity contribution is -0.113. The van der Waals surface area contributed by atoms with Crippen molar-refractivity contribution in [3.63, 3.8) is 0 Å². The normalized spacial score (nSPS) is 14.5. The highest BCUT2D eigenvalue weighted by Crippen LogP contribution is 2.32. The lowest BCUT2D eigenvalue weighted by Gasteiger charge is -2.18. The number of benzene rings is 2. The van der Waals surface area contributed by atoms with Crippen molar-refractivity contribution in [2.45, 2.75) is 36.9 Å². The van der Waals surface area contributed by atoms with E-state index < -0.39 is 0 Å². The van der Waals surface area contributed by atoms with Gasteiger partial charge in [0.25, 0.3) is 5.56 Å². The number of carbonyl (C=O) groups excluding carboxylic acids is 1. The lowest BCUT2D eigenvalue weighted by atomic mass is 10.2. The average molecular weight is 414 g/mol. The Morgan fingerprint density at radius 3 is 2.75 bits per heavy atom. The van der Waals surface area contributed by atoms with Crippen LogP contribution in [0.3, 0.4) is 0 Å². The minimum Gasteiger partial charge on any atom is -0.325 e. The Kier molecular flexibility index (Phi) is 5.69. The highest BCUT2D eigenvalue weighted by Gasteiger charge is 2.23. The molecule has 4 rings (SSSR count). The molecule has 1 aliphatic rings. The molecule has 1 fully saturated rings. The van der Waals surface area contributed by atoms with Crippen molar-refractivity contribution in [3.8, 4) is 0 Å². The Labute approximate surface area is 172 Å². The molecule has 1 aliphatic carbocycles. The van der Waals surface area contributed by atoms with Gasteiger partial charge in [-0.3, -0.25) is 14.2 Å². The molecule has 1 amide bonds. The second-order valence-electron chi connectivity index (χ2n) is 6.87. The summed E-state index contributed by atoms with van der Waals surface area (Å²) in [5.74, 6) is 0.0111. The van der Waals surface area contributed by atoms with Gasteiger partial charge < -0.3 is 5.32 Å². The first kappa shape index (κ1) is 19.0. The van der Waals surface area contributed by atoms with Gasteiger partial charge in [-0.05, 0) is 43.2 Å². The monoisotopic (exact) mass is 413 g/mol. The van der Waals surface area contributed by atoms with E-state index in [0.29, 0.717) is 26.8 Å². The first-order valence-electron chi connectivity index (χ1n) is 9.31. The van der Waals surface area contributed by atoms with Crippen molar-refractivity contribution in [2.24, 2.45) is 0 Å². The fourth-order valence-electron chi connectivity index (χ4n) is 3.61. The van der Waals surface area contributed by atoms with Gasteiger partial charge in [0, 0.05) is 16.8 Å². The van der Waals surface area contributed by atoms with E-state index in [0.717, 1.165) is 25.7 Å². The summed E-state index contributed by atoms with van der Waals surface area (Å²) in [6.07, 6.45) is 4.18. The number of anilines is 1. The predicted octanol–water partition coefficient (Wildman–Crippen LogP) is 4.90. The third-order valence-corrected chi connectivity index (χ3v) is 6.09. The molecular formula is C21H20ClN3O2S. The van der Waals surface area contributed by atoms with E-state index in [9.17, 15) is 9.59 Å². The van der Waals surface area contributed by atoms with Crippen LogP contribution < -0.4 is 10.9 Å². The van der Waals surface area contributed by atoms with Crippen LogP contribution in [0.2, 0.25) is 5.02 Å². The Morgan fingerprint density at radius 1 is 1.18 bits per heavy atom. The molecular weight excluding hydrogens is 394 g/mol. The van der Waals surface area contributed by atoms with Crippen LogP contribution in [0.4, 0.5) is 5.69 Å². The minimum atomic E-state index is -0.160. The topological polar surface area (TPSA) is 64.0 Å². The van der Waals surface area contributed by atoms with E-state index in [4.69, 9.17) is 16.6 Å². The highest BCUT2D eigenvalue weighted by atomic mass is 35.5. The van der Waals surface area contributed by atoms with Crippen molar-refractivity contribution in [2.75, 3.05) is 11.1 Å². The van der Waals surface area contributed by atoms with Gasteiger partial charge in [0.1, 0.15) is 0 Å². The van der Waals surface area contributed by atoms with Gasteiger partial charge >= 0.3 is 0 Å². The number of hydrogen-bond acceptors (Lipinski definition) is 4. The number of rotatable bonds is 5. The maximum Gasteiger partial charge on any atom is 0.262 e. The molecule has 0 radical (unpaired) electrons. The molecule has 144 valence electrons. The van der Waals surface area contributed by atoms with E-state index in [-0.39, 0.29) is 23.3 Å². The summed E-state index contributed by atoms with van der Waals surface area (Å²) >= 11 is 7.26. The molecule has 28 heavy (non-hydrogen) atoms. The van der Waals surface area contributed by atoms with Crippen LogP contribution in [0.15, 0.2) is 58.5 Å². The minimum absolute atomic E-state index is 0.0183. The first-order valence-corrected chi connectivity index (χ1v) is 10.7. The van der Waals surface area contributed by atoms with Crippen LogP contribution in [-0.2, 0) is 4.79 Å². The quantitative estimate of drug-likeness (QED) is 0.477. The number of nitrogens with one attached hydrogen (secondary N) is 1. The molecule has 5 nitrogen and oxygen atoms in total. The number of carbonyl (C=O) groups is 1. The first-order chi connectivity index (χ1) is 13.6. The van der Waals surface area contributed by atoms with E-state index in [1.165, 1.54) is 11.8 Å². The van der Waals surface area contributed by atoms with Crippen molar-refractivity contribution in [3.05, 3.63) is 63.9 Å². The van der Waals surface area contributed by atoms with E-state index >= 15 is 0 Å². The number of aromatic nitrogens is 2. The molecule has 2 aromatic carbocycles. The number of nitrogens with zero attached hydrogens (tertiary/aromatic N) is 2. The lowest BCUT2D eigenvalue weighted by Crippen LogP contribution is -2.27. The van der Waals surface area contributed by atoms with Crippen LogP contribution in [0.5, 0.6) is 0 Å². The van der Waals surface area contributed by atoms with Crippen LogP contribution in [0.25, 0.3) is 10.9 Å². The van der Waals surface area contributed by atoms with Gasteiger partial charge in [0.15, 0.2) is 5.16 Å². The van der Waals surface area contributed by atoms with Crippen LogP contribution >= 0.6 is 23.4 Å². The van der Waals surface area contributed by atoms with Gasteiger partial charge in [-0.1, -0.05) is 54.4 Å². The summed E-state index contributed by atoms with van der Waals surface area (Å²) in [5, 5.41) is 4.64. The second-order valence-corrected chi connectivity index (χ2v) is 8.25. The number of amides is 1. The maximum atomic E-state index is 13.1. The van der Waals surface area contributed by atoms with Crippen molar-refractivity contribution in [1.29, 1.82) is 0 Å². The van der Waals surface area contributed by atoms with Gasteiger partial charge in [-0.25, -0.2) is 4.98 Å². The third kappa shape index (κ3) is 4.08. The van der Waals surface area contributed by atoms with Crippen molar-refractivity contribution < 1.29 is 4.79 Å². The van der Waals surface area contributed by atoms with Crippen LogP contribution in [-0.4, -0.2) is 21.2 Å². The molecule has 1 saturated carbocycles. The van der Waals surface area contributed by atoms with Crippen molar-refractivity contribution >= 4 is 45.9 Å². The summed E-state index contributed by atoms with van der Waals surface area (Å²) < 4.78 is 1.80.